The summed E-state index contributed by atoms with van der Waals surface area (Å²) < 4.78 is 55.7. The molecule has 2 atom stereocenters. The minimum absolute atomic E-state index is 0.247. The van der Waals surface area contributed by atoms with Crippen LogP contribution in [-0.2, 0) is 34.9 Å². The number of aromatic nitrogens is 1. The molecule has 3 fully saturated rings. The van der Waals surface area contributed by atoms with Crippen LogP contribution < -0.4 is 0 Å². The smallest absolute Gasteiger partial charge is 0.437 e. The van der Waals surface area contributed by atoms with Crippen LogP contribution in [0.25, 0.3) is 0 Å². The minimum atomic E-state index is -4.65. The van der Waals surface area contributed by atoms with Crippen molar-refractivity contribution in [3.63, 3.8) is 0 Å². The molecule has 2 bridgehead atoms. The summed E-state index contributed by atoms with van der Waals surface area (Å²) in [4.78, 5) is 44.4. The van der Waals surface area contributed by atoms with Crippen molar-refractivity contribution in [2.45, 2.75) is 188 Å². The van der Waals surface area contributed by atoms with E-state index in [0.29, 0.717) is 50.4 Å². The molecule has 3 aliphatic heterocycles. The third kappa shape index (κ3) is 12.7. The van der Waals surface area contributed by atoms with Crippen LogP contribution in [0, 0.1) is 0 Å². The normalized spacial score (nSPS) is 19.4. The van der Waals surface area contributed by atoms with Crippen molar-refractivity contribution in [3.05, 3.63) is 17.5 Å². The molecular formula is C40H70N6O10S. The number of carbonyl (C=O) groups excluding carboxylic acids is 3. The number of carbonyl (C=O) groups is 3. The highest BCUT2D eigenvalue weighted by atomic mass is 32.3. The third-order valence-electron chi connectivity index (χ3n) is 10.7. The summed E-state index contributed by atoms with van der Waals surface area (Å²) in [6, 6.07) is -0.0115. The van der Waals surface area contributed by atoms with E-state index in [1.165, 1.54) is 0 Å². The third-order valence-corrected chi connectivity index (χ3v) is 11.4. The predicted octanol–water partition coefficient (Wildman–Crippen LogP) is 8.14. The van der Waals surface area contributed by atoms with Gasteiger partial charge < -0.3 is 28.7 Å². The summed E-state index contributed by atoms with van der Waals surface area (Å²) in [5.74, 6) is 0.508. The van der Waals surface area contributed by atoms with Gasteiger partial charge in [0.05, 0.1) is 18.1 Å². The molecule has 16 nitrogen and oxygen atoms in total. The number of unbranched alkanes of at least 4 members (excludes halogenated alkanes) is 3. The van der Waals surface area contributed by atoms with Crippen LogP contribution in [0.15, 0.2) is 10.6 Å². The van der Waals surface area contributed by atoms with Crippen LogP contribution in [0.4, 0.5) is 14.4 Å². The summed E-state index contributed by atoms with van der Waals surface area (Å²) in [7, 11) is -4.65. The van der Waals surface area contributed by atoms with E-state index in [2.05, 4.69) is 32.9 Å². The first-order valence-electron chi connectivity index (χ1n) is 21.2. The number of amides is 4. The number of fused-ring (bicyclic) bond motifs is 2. The average molecular weight is 827 g/mol. The zero-order valence-corrected chi connectivity index (χ0v) is 37.0. The van der Waals surface area contributed by atoms with Crippen molar-refractivity contribution in [2.24, 2.45) is 0 Å². The number of likely N-dealkylation sites (tertiary alicyclic amines) is 1. The Morgan fingerprint density at radius 2 is 1.49 bits per heavy atom. The van der Waals surface area contributed by atoms with Crippen molar-refractivity contribution in [1.82, 2.24) is 30.0 Å². The molecule has 57 heavy (non-hydrogen) atoms. The zero-order valence-electron chi connectivity index (χ0n) is 36.2. The Morgan fingerprint density at radius 3 is 2.07 bits per heavy atom. The van der Waals surface area contributed by atoms with E-state index in [4.69, 9.17) is 22.6 Å². The summed E-state index contributed by atoms with van der Waals surface area (Å²) in [5.41, 5.74) is -1.28. The van der Waals surface area contributed by atoms with Crippen molar-refractivity contribution in [3.8, 4) is 0 Å². The van der Waals surface area contributed by atoms with Gasteiger partial charge in [0.15, 0.2) is 0 Å². The number of hydroxylamine groups is 4. The quantitative estimate of drug-likeness (QED) is 0.109. The van der Waals surface area contributed by atoms with Gasteiger partial charge in [0.25, 0.3) is 0 Å². The van der Waals surface area contributed by atoms with Crippen LogP contribution in [0.1, 0.15) is 164 Å². The number of ether oxygens (including phenoxy) is 2. The molecule has 0 saturated carbocycles. The fraction of sp³-hybridized carbons (Fsp3) is 0.850. The Morgan fingerprint density at radius 1 is 0.860 bits per heavy atom. The molecule has 0 aromatic carbocycles. The number of urea groups is 1. The summed E-state index contributed by atoms with van der Waals surface area (Å²) >= 11 is 0. The second-order valence-corrected chi connectivity index (χ2v) is 19.0. The van der Waals surface area contributed by atoms with Gasteiger partial charge in [0.2, 0.25) is 0 Å². The lowest BCUT2D eigenvalue weighted by molar-refractivity contribution is -0.172. The van der Waals surface area contributed by atoms with Crippen LogP contribution in [0.5, 0.6) is 0 Å². The van der Waals surface area contributed by atoms with E-state index in [0.717, 1.165) is 69.3 Å². The van der Waals surface area contributed by atoms with E-state index < -0.39 is 57.4 Å². The number of nitrogens with zero attached hydrogens (tertiary/aromatic N) is 6. The molecule has 4 amide bonds. The zero-order chi connectivity index (χ0) is 42.2. The van der Waals surface area contributed by atoms with Gasteiger partial charge in [-0.1, -0.05) is 71.4 Å². The Hall–Kier alpha value is -3.15. The second kappa shape index (κ2) is 19.7. The lowest BCUT2D eigenvalue weighted by atomic mass is 9.82. The largest absolute Gasteiger partial charge is 0.444 e. The SMILES string of the molecule is CCCCN(OS(=O)(=O)ON1C(=O)N2C[C@@H]1CC[C@H]2c1cc(CCN(C(=O)OC(C)(C)C)C2CN(C(=O)OC(C)(C)C)C2)on1)C(CCC)(CCCC)CCCC. The maximum Gasteiger partial charge on any atom is 0.437 e. The van der Waals surface area contributed by atoms with E-state index in [1.54, 1.807) is 67.4 Å². The van der Waals surface area contributed by atoms with Gasteiger partial charge in [0.1, 0.15) is 22.7 Å². The molecule has 17 heteroatoms. The predicted molar refractivity (Wildman–Crippen MR) is 214 cm³/mol. The highest BCUT2D eigenvalue weighted by molar-refractivity contribution is 7.81. The monoisotopic (exact) mass is 826 g/mol. The first-order valence-corrected chi connectivity index (χ1v) is 22.5. The lowest BCUT2D eigenvalue weighted by Crippen LogP contribution is -2.63. The molecule has 3 aliphatic rings. The molecule has 326 valence electrons. The first-order chi connectivity index (χ1) is 26.7. The van der Waals surface area contributed by atoms with Crippen LogP contribution in [0.2, 0.25) is 0 Å². The molecule has 0 unspecified atom stereocenters. The number of piperidine rings is 1. The van der Waals surface area contributed by atoms with Gasteiger partial charge in [0, 0.05) is 50.7 Å². The van der Waals surface area contributed by atoms with E-state index in [9.17, 15) is 22.8 Å². The van der Waals surface area contributed by atoms with Gasteiger partial charge in [-0.25, -0.2) is 14.4 Å². The Labute approximate surface area is 341 Å². The Kier molecular flexibility index (Phi) is 16.1. The fourth-order valence-electron chi connectivity index (χ4n) is 7.85. The summed E-state index contributed by atoms with van der Waals surface area (Å²) in [6.45, 7) is 20.8. The molecule has 0 N–H and O–H groups in total. The highest BCUT2D eigenvalue weighted by Crippen LogP contribution is 2.40. The van der Waals surface area contributed by atoms with Crippen molar-refractivity contribution in [1.29, 1.82) is 0 Å². The van der Waals surface area contributed by atoms with Crippen LogP contribution in [0.3, 0.4) is 0 Å². The highest BCUT2D eigenvalue weighted by Gasteiger charge is 2.50. The standard InChI is InChI=1S/C40H70N6O10S/c1-11-15-22-40(21-14-4,23-16-12-2)45(24-17-13-3)55-57(50,51)56-46-30-18-19-34(44(29-30)35(46)47)33-26-32(54-41-33)20-25-43(37(49)53-39(8,9)10)31-27-42(28-31)36(48)52-38(5,6)7/h26,30-31,34H,11-25,27-29H2,1-10H3/t30-,34-/m0/s1. The summed E-state index contributed by atoms with van der Waals surface area (Å²) in [6.07, 6.45) is 9.16. The average Bonchev–Trinajstić information content (AvgIpc) is 3.66. The lowest BCUT2D eigenvalue weighted by Gasteiger charge is -2.45. The van der Waals surface area contributed by atoms with Crippen molar-refractivity contribution < 1.29 is 45.4 Å². The molecule has 0 spiro atoms. The van der Waals surface area contributed by atoms with Crippen molar-refractivity contribution >= 4 is 28.6 Å². The molecule has 4 rings (SSSR count). The fourth-order valence-corrected chi connectivity index (χ4v) is 8.71. The minimum Gasteiger partial charge on any atom is -0.444 e. The molecule has 1 aromatic heterocycles. The van der Waals surface area contributed by atoms with E-state index in [1.807, 2.05) is 0 Å². The second-order valence-electron chi connectivity index (χ2n) is 17.9. The first kappa shape index (κ1) is 46.5. The Bertz CT molecular complexity index is 1580. The summed E-state index contributed by atoms with van der Waals surface area (Å²) in [5, 5.41) is 6.90. The molecule has 4 heterocycles. The van der Waals surface area contributed by atoms with Gasteiger partial charge in [-0.05, 0) is 80.1 Å². The topological polar surface area (TPSA) is 164 Å². The molecule has 0 aliphatic carbocycles. The molecule has 1 aromatic rings. The van der Waals surface area contributed by atoms with Gasteiger partial charge >= 0.3 is 28.6 Å². The van der Waals surface area contributed by atoms with Crippen LogP contribution in [-0.4, -0.2) is 118 Å². The van der Waals surface area contributed by atoms with Gasteiger partial charge in [-0.2, -0.15) is 22.8 Å². The molecular weight excluding hydrogens is 757 g/mol. The van der Waals surface area contributed by atoms with Gasteiger partial charge in [-0.15, -0.1) is 4.28 Å². The Balaban J connectivity index is 1.42. The van der Waals surface area contributed by atoms with Crippen LogP contribution >= 0.6 is 0 Å². The number of hydrogen-bond acceptors (Lipinski definition) is 12. The van der Waals surface area contributed by atoms with Gasteiger partial charge in [-0.3, -0.25) is 0 Å². The maximum absolute atomic E-state index is 13.8. The number of hydrogen-bond donors (Lipinski definition) is 0. The number of rotatable bonds is 21. The van der Waals surface area contributed by atoms with E-state index in [-0.39, 0.29) is 19.1 Å². The molecule has 0 radical (unpaired) electrons. The maximum atomic E-state index is 13.8. The molecule has 3 saturated heterocycles. The van der Waals surface area contributed by atoms with Crippen molar-refractivity contribution in [2.75, 3.05) is 32.7 Å². The van der Waals surface area contributed by atoms with E-state index >= 15 is 0 Å².